The number of hydrogen-bond donors (Lipinski definition) is 0. The topological polar surface area (TPSA) is 35.5 Å². The number of carbonyl (C=O) groups excluding carboxylic acids is 1. The second-order valence-electron chi connectivity index (χ2n) is 3.48. The summed E-state index contributed by atoms with van der Waals surface area (Å²) in [5, 5.41) is 0. The molecule has 1 heterocycles. The molecule has 3 heteroatoms. The zero-order valence-electron chi connectivity index (χ0n) is 8.74. The van der Waals surface area contributed by atoms with Crippen molar-refractivity contribution < 1.29 is 14.3 Å². The number of ether oxygens (including phenoxy) is 2. The first-order chi connectivity index (χ1) is 7.24. The van der Waals surface area contributed by atoms with Crippen LogP contribution in [0.15, 0.2) is 29.8 Å². The third-order valence-corrected chi connectivity index (χ3v) is 2.33. The van der Waals surface area contributed by atoms with Gasteiger partial charge in [0.15, 0.2) is 0 Å². The number of rotatable bonds is 2. The van der Waals surface area contributed by atoms with E-state index in [4.69, 9.17) is 9.47 Å². The Labute approximate surface area is 88.3 Å². The largest absolute Gasteiger partial charge is 0.422 e. The van der Waals surface area contributed by atoms with E-state index in [0.29, 0.717) is 17.9 Å². The first-order valence-electron chi connectivity index (χ1n) is 4.74. The first kappa shape index (κ1) is 9.93. The van der Waals surface area contributed by atoms with E-state index < -0.39 is 0 Å². The van der Waals surface area contributed by atoms with E-state index in [9.17, 15) is 4.79 Å². The molecule has 1 aliphatic rings. The molecular weight excluding hydrogens is 192 g/mol. The van der Waals surface area contributed by atoms with E-state index >= 15 is 0 Å². The molecule has 0 amide bonds. The number of hydrogen-bond acceptors (Lipinski definition) is 3. The Kier molecular flexibility index (Phi) is 2.56. The molecule has 0 aromatic heterocycles. The van der Waals surface area contributed by atoms with Crippen LogP contribution in [0.25, 0.3) is 5.76 Å². The minimum Gasteiger partial charge on any atom is -0.422 e. The van der Waals surface area contributed by atoms with Crippen molar-refractivity contribution in [2.45, 2.75) is 6.92 Å². The number of methoxy groups -OCH3 is 1. The lowest BCUT2D eigenvalue weighted by molar-refractivity contribution is 0.0712. The third-order valence-electron chi connectivity index (χ3n) is 2.33. The van der Waals surface area contributed by atoms with Crippen molar-refractivity contribution in [3.8, 4) is 0 Å². The highest BCUT2D eigenvalue weighted by atomic mass is 16.5. The fraction of sp³-hybridized carbons (Fsp3) is 0.250. The predicted octanol–water partition coefficient (Wildman–Crippen LogP) is 2.23. The monoisotopic (exact) mass is 204 g/mol. The van der Waals surface area contributed by atoms with Gasteiger partial charge in [-0.05, 0) is 18.6 Å². The highest BCUT2D eigenvalue weighted by Gasteiger charge is 2.26. The van der Waals surface area contributed by atoms with Crippen LogP contribution in [0.2, 0.25) is 0 Å². The number of carbonyl (C=O) groups is 1. The molecule has 15 heavy (non-hydrogen) atoms. The quantitative estimate of drug-likeness (QED) is 0.693. The van der Waals surface area contributed by atoms with Crippen LogP contribution in [0.3, 0.4) is 0 Å². The van der Waals surface area contributed by atoms with Gasteiger partial charge in [-0.15, -0.1) is 0 Å². The second kappa shape index (κ2) is 3.87. The van der Waals surface area contributed by atoms with Crippen LogP contribution in [0.1, 0.15) is 22.8 Å². The molecule has 0 fully saturated rings. The van der Waals surface area contributed by atoms with Crippen molar-refractivity contribution in [1.82, 2.24) is 0 Å². The molecule has 1 aliphatic heterocycles. The van der Waals surface area contributed by atoms with E-state index in [0.717, 1.165) is 11.1 Å². The van der Waals surface area contributed by atoms with Gasteiger partial charge in [-0.25, -0.2) is 4.79 Å². The van der Waals surface area contributed by atoms with E-state index in [-0.39, 0.29) is 5.97 Å². The summed E-state index contributed by atoms with van der Waals surface area (Å²) < 4.78 is 10.2. The molecule has 0 unspecified atom stereocenters. The van der Waals surface area contributed by atoms with Gasteiger partial charge in [0.1, 0.15) is 5.76 Å². The van der Waals surface area contributed by atoms with Crippen LogP contribution < -0.4 is 0 Å². The van der Waals surface area contributed by atoms with E-state index in [1.54, 1.807) is 13.2 Å². The molecule has 78 valence electrons. The lowest BCUT2D eigenvalue weighted by atomic mass is 10.1. The maximum atomic E-state index is 11.5. The molecule has 0 spiro atoms. The summed E-state index contributed by atoms with van der Waals surface area (Å²) in [7, 11) is 1.62. The van der Waals surface area contributed by atoms with Gasteiger partial charge in [-0.1, -0.05) is 18.2 Å². The van der Waals surface area contributed by atoms with Crippen molar-refractivity contribution in [1.29, 1.82) is 0 Å². The zero-order chi connectivity index (χ0) is 10.8. The summed E-state index contributed by atoms with van der Waals surface area (Å²) in [6, 6.07) is 7.37. The van der Waals surface area contributed by atoms with Crippen LogP contribution in [0.4, 0.5) is 0 Å². The SMILES string of the molecule is COC/C(C)=C1\OC(=O)c2ccccc21. The summed E-state index contributed by atoms with van der Waals surface area (Å²) in [5.74, 6) is 0.355. The van der Waals surface area contributed by atoms with Crippen molar-refractivity contribution in [3.05, 3.63) is 41.0 Å². The van der Waals surface area contributed by atoms with Crippen molar-refractivity contribution in [3.63, 3.8) is 0 Å². The number of fused-ring (bicyclic) bond motifs is 1. The molecule has 0 saturated carbocycles. The molecule has 0 atom stereocenters. The normalized spacial score (nSPS) is 17.3. The van der Waals surface area contributed by atoms with Crippen LogP contribution in [0, 0.1) is 0 Å². The summed E-state index contributed by atoms with van der Waals surface area (Å²) in [4.78, 5) is 11.5. The minimum atomic E-state index is -0.281. The fourth-order valence-electron chi connectivity index (χ4n) is 1.66. The van der Waals surface area contributed by atoms with E-state index in [1.165, 1.54) is 0 Å². The molecule has 0 saturated heterocycles. The smallest absolute Gasteiger partial charge is 0.344 e. The van der Waals surface area contributed by atoms with Gasteiger partial charge in [0, 0.05) is 12.7 Å². The molecule has 0 aliphatic carbocycles. The van der Waals surface area contributed by atoms with E-state index in [1.807, 2.05) is 25.1 Å². The summed E-state index contributed by atoms with van der Waals surface area (Å²) in [6.07, 6.45) is 0. The van der Waals surface area contributed by atoms with Gasteiger partial charge >= 0.3 is 5.97 Å². The maximum absolute atomic E-state index is 11.5. The summed E-state index contributed by atoms with van der Waals surface area (Å²) >= 11 is 0. The summed E-state index contributed by atoms with van der Waals surface area (Å²) in [5.41, 5.74) is 2.41. The number of esters is 1. The van der Waals surface area contributed by atoms with Gasteiger partial charge in [0.05, 0.1) is 12.2 Å². The lowest BCUT2D eigenvalue weighted by Crippen LogP contribution is -1.96. The molecule has 1 aromatic carbocycles. The molecule has 1 aromatic rings. The van der Waals surface area contributed by atoms with Crippen molar-refractivity contribution in [2.75, 3.05) is 13.7 Å². The predicted molar refractivity (Wildman–Crippen MR) is 56.3 cm³/mol. The standard InChI is InChI=1S/C12H12O3/c1-8(7-14-2)11-9-5-3-4-6-10(9)12(13)15-11/h3-6H,7H2,1-2H3/b11-8-. The van der Waals surface area contributed by atoms with Gasteiger partial charge in [-0.2, -0.15) is 0 Å². The Bertz CT molecular complexity index is 432. The van der Waals surface area contributed by atoms with Crippen LogP contribution >= 0.6 is 0 Å². The van der Waals surface area contributed by atoms with Crippen molar-refractivity contribution >= 4 is 11.7 Å². The Hall–Kier alpha value is -1.61. The Balaban J connectivity index is 2.49. The molecule has 0 radical (unpaired) electrons. The Morgan fingerprint density at radius 2 is 2.00 bits per heavy atom. The van der Waals surface area contributed by atoms with Gasteiger partial charge in [0.2, 0.25) is 0 Å². The molecule has 3 nitrogen and oxygen atoms in total. The lowest BCUT2D eigenvalue weighted by Gasteiger charge is -2.04. The zero-order valence-corrected chi connectivity index (χ0v) is 8.74. The Morgan fingerprint density at radius 3 is 2.67 bits per heavy atom. The molecule has 2 rings (SSSR count). The number of cyclic esters (lactones) is 1. The minimum absolute atomic E-state index is 0.281. The van der Waals surface area contributed by atoms with E-state index in [2.05, 4.69) is 0 Å². The molecular formula is C12H12O3. The maximum Gasteiger partial charge on any atom is 0.344 e. The average Bonchev–Trinajstić information content (AvgIpc) is 2.58. The van der Waals surface area contributed by atoms with Gasteiger partial charge in [-0.3, -0.25) is 0 Å². The Morgan fingerprint density at radius 1 is 1.33 bits per heavy atom. The van der Waals surface area contributed by atoms with Crippen LogP contribution in [-0.4, -0.2) is 19.7 Å². The van der Waals surface area contributed by atoms with Crippen molar-refractivity contribution in [2.24, 2.45) is 0 Å². The molecule has 0 bridgehead atoms. The highest BCUT2D eigenvalue weighted by molar-refractivity contribution is 6.03. The van der Waals surface area contributed by atoms with Gasteiger partial charge < -0.3 is 9.47 Å². The van der Waals surface area contributed by atoms with Crippen LogP contribution in [-0.2, 0) is 9.47 Å². The molecule has 0 N–H and O–H groups in total. The fourth-order valence-corrected chi connectivity index (χ4v) is 1.66. The second-order valence-corrected chi connectivity index (χ2v) is 3.48. The van der Waals surface area contributed by atoms with Gasteiger partial charge in [0.25, 0.3) is 0 Å². The number of benzene rings is 1. The third kappa shape index (κ3) is 1.66. The summed E-state index contributed by atoms with van der Waals surface area (Å²) in [6.45, 7) is 2.37. The van der Waals surface area contributed by atoms with Crippen LogP contribution in [0.5, 0.6) is 0 Å². The average molecular weight is 204 g/mol. The highest BCUT2D eigenvalue weighted by Crippen LogP contribution is 2.31. The first-order valence-corrected chi connectivity index (χ1v) is 4.74.